The third-order valence-corrected chi connectivity index (χ3v) is 3.25. The van der Waals surface area contributed by atoms with Crippen molar-refractivity contribution in [1.82, 2.24) is 4.90 Å². The largest absolute Gasteiger partial charge is 0.390 e. The molecule has 16 heavy (non-hydrogen) atoms. The normalized spacial score (nSPS) is 18.9. The Balaban J connectivity index is 1.97. The van der Waals surface area contributed by atoms with E-state index in [1.165, 1.54) is 11.1 Å². The molecule has 0 spiro atoms. The number of hydrogen-bond donors (Lipinski definition) is 2. The molecular weight excluding hydrogens is 200 g/mol. The van der Waals surface area contributed by atoms with Gasteiger partial charge < -0.3 is 15.7 Å². The Kier molecular flexibility index (Phi) is 3.93. The minimum Gasteiger partial charge on any atom is -0.390 e. The Bertz CT molecular complexity index is 313. The molecule has 3 heteroatoms. The first-order valence-electron chi connectivity index (χ1n) is 5.97. The van der Waals surface area contributed by atoms with Crippen molar-refractivity contribution in [2.45, 2.75) is 18.9 Å². The van der Waals surface area contributed by atoms with Crippen LogP contribution in [-0.4, -0.2) is 42.3 Å². The minimum absolute atomic E-state index is 0.351. The molecule has 0 radical (unpaired) electrons. The van der Waals surface area contributed by atoms with Gasteiger partial charge in [0, 0.05) is 26.2 Å². The minimum atomic E-state index is -0.388. The Morgan fingerprint density at radius 1 is 1.19 bits per heavy atom. The van der Waals surface area contributed by atoms with E-state index in [-0.39, 0.29) is 6.10 Å². The molecule has 0 amide bonds. The molecule has 1 heterocycles. The number of aliphatic hydroxyl groups is 1. The summed E-state index contributed by atoms with van der Waals surface area (Å²) in [4.78, 5) is 2.30. The number of fused-ring (bicyclic) bond motifs is 1. The van der Waals surface area contributed by atoms with Gasteiger partial charge >= 0.3 is 0 Å². The van der Waals surface area contributed by atoms with Gasteiger partial charge in [0.15, 0.2) is 0 Å². The zero-order valence-corrected chi connectivity index (χ0v) is 9.60. The van der Waals surface area contributed by atoms with Crippen LogP contribution < -0.4 is 5.73 Å². The van der Waals surface area contributed by atoms with Crippen LogP contribution in [0.4, 0.5) is 0 Å². The van der Waals surface area contributed by atoms with E-state index in [2.05, 4.69) is 29.2 Å². The lowest BCUT2D eigenvalue weighted by Crippen LogP contribution is -2.37. The van der Waals surface area contributed by atoms with E-state index in [1.54, 1.807) is 0 Å². The van der Waals surface area contributed by atoms with Crippen molar-refractivity contribution in [2.24, 2.45) is 5.73 Å². The summed E-state index contributed by atoms with van der Waals surface area (Å²) in [5, 5.41) is 9.55. The van der Waals surface area contributed by atoms with Gasteiger partial charge in [0.25, 0.3) is 0 Å². The highest BCUT2D eigenvalue weighted by atomic mass is 16.3. The van der Waals surface area contributed by atoms with Crippen LogP contribution in [0, 0.1) is 0 Å². The molecule has 0 aliphatic carbocycles. The van der Waals surface area contributed by atoms with Crippen molar-refractivity contribution in [3.8, 4) is 0 Å². The Labute approximate surface area is 96.9 Å². The van der Waals surface area contributed by atoms with Crippen LogP contribution in [0.25, 0.3) is 0 Å². The quantitative estimate of drug-likeness (QED) is 0.775. The smallest absolute Gasteiger partial charge is 0.0789 e. The second-order valence-corrected chi connectivity index (χ2v) is 4.46. The van der Waals surface area contributed by atoms with Crippen molar-refractivity contribution in [1.29, 1.82) is 0 Å². The maximum absolute atomic E-state index is 9.55. The van der Waals surface area contributed by atoms with E-state index in [9.17, 15) is 5.11 Å². The zero-order valence-electron chi connectivity index (χ0n) is 9.60. The summed E-state index contributed by atoms with van der Waals surface area (Å²) in [5.41, 5.74) is 8.34. The molecule has 1 aliphatic heterocycles. The first kappa shape index (κ1) is 11.6. The molecule has 2 rings (SSSR count). The van der Waals surface area contributed by atoms with E-state index >= 15 is 0 Å². The molecule has 0 aromatic heterocycles. The summed E-state index contributed by atoms with van der Waals surface area (Å²) in [6, 6.07) is 8.61. The predicted octanol–water partition coefficient (Wildman–Crippen LogP) is 0.407. The predicted molar refractivity (Wildman–Crippen MR) is 65.4 cm³/mol. The third-order valence-electron chi connectivity index (χ3n) is 3.25. The lowest BCUT2D eigenvalue weighted by Gasteiger charge is -2.22. The van der Waals surface area contributed by atoms with Crippen molar-refractivity contribution in [3.63, 3.8) is 0 Å². The number of β-amino-alcohol motifs (C(OH)–C–C–N with tert-alkyl or cyclic N) is 1. The number of aliphatic hydroxyl groups excluding tert-OH is 1. The van der Waals surface area contributed by atoms with Gasteiger partial charge in [-0.3, -0.25) is 0 Å². The fraction of sp³-hybridized carbons (Fsp3) is 0.538. The average Bonchev–Trinajstić information content (AvgIpc) is 2.52. The summed E-state index contributed by atoms with van der Waals surface area (Å²) in [6.45, 7) is 3.09. The maximum atomic E-state index is 9.55. The molecule has 1 aliphatic rings. The van der Waals surface area contributed by atoms with E-state index < -0.39 is 0 Å². The van der Waals surface area contributed by atoms with Gasteiger partial charge in [-0.1, -0.05) is 24.3 Å². The van der Waals surface area contributed by atoms with Gasteiger partial charge in [-0.05, 0) is 24.0 Å². The van der Waals surface area contributed by atoms with Crippen LogP contribution in [0.15, 0.2) is 24.3 Å². The Morgan fingerprint density at radius 3 is 2.25 bits per heavy atom. The molecule has 1 aromatic carbocycles. The first-order valence-corrected chi connectivity index (χ1v) is 5.97. The van der Waals surface area contributed by atoms with Crippen LogP contribution in [-0.2, 0) is 12.8 Å². The SMILES string of the molecule is NC[C@H](O)CN1CCc2ccccc2CC1. The van der Waals surface area contributed by atoms with Gasteiger partial charge in [-0.25, -0.2) is 0 Å². The Morgan fingerprint density at radius 2 is 1.75 bits per heavy atom. The third kappa shape index (κ3) is 2.82. The second-order valence-electron chi connectivity index (χ2n) is 4.46. The van der Waals surface area contributed by atoms with Crippen molar-refractivity contribution in [3.05, 3.63) is 35.4 Å². The van der Waals surface area contributed by atoms with Gasteiger partial charge in [0.2, 0.25) is 0 Å². The number of hydrogen-bond acceptors (Lipinski definition) is 3. The monoisotopic (exact) mass is 220 g/mol. The molecule has 0 bridgehead atoms. The molecule has 88 valence electrons. The number of nitrogens with zero attached hydrogens (tertiary/aromatic N) is 1. The van der Waals surface area contributed by atoms with E-state index in [0.29, 0.717) is 13.1 Å². The highest BCUT2D eigenvalue weighted by Gasteiger charge is 2.15. The Hall–Kier alpha value is -0.900. The first-order chi connectivity index (χ1) is 7.79. The number of rotatable bonds is 3. The molecule has 0 saturated carbocycles. The molecule has 1 aromatic rings. The maximum Gasteiger partial charge on any atom is 0.0789 e. The molecule has 0 fully saturated rings. The highest BCUT2D eigenvalue weighted by molar-refractivity contribution is 5.28. The number of benzene rings is 1. The highest BCUT2D eigenvalue weighted by Crippen LogP contribution is 2.15. The summed E-state index contributed by atoms with van der Waals surface area (Å²) in [6.07, 6.45) is 1.77. The van der Waals surface area contributed by atoms with Crippen LogP contribution in [0.1, 0.15) is 11.1 Å². The molecule has 1 atom stereocenters. The summed E-state index contributed by atoms with van der Waals surface area (Å²) in [7, 11) is 0. The average molecular weight is 220 g/mol. The fourth-order valence-corrected chi connectivity index (χ4v) is 2.27. The van der Waals surface area contributed by atoms with Crippen molar-refractivity contribution >= 4 is 0 Å². The standard InChI is InChI=1S/C13H20N2O/c14-9-13(16)10-15-7-5-11-3-1-2-4-12(11)6-8-15/h1-4,13,16H,5-10,14H2/t13-/m0/s1. The summed E-state index contributed by atoms with van der Waals surface area (Å²) >= 11 is 0. The van der Waals surface area contributed by atoms with Gasteiger partial charge in [-0.2, -0.15) is 0 Å². The van der Waals surface area contributed by atoms with Crippen LogP contribution in [0.3, 0.4) is 0 Å². The van der Waals surface area contributed by atoms with E-state index in [4.69, 9.17) is 5.73 Å². The molecular formula is C13H20N2O. The second kappa shape index (κ2) is 5.43. The summed E-state index contributed by atoms with van der Waals surface area (Å²) in [5.74, 6) is 0. The molecule has 0 saturated heterocycles. The van der Waals surface area contributed by atoms with E-state index in [0.717, 1.165) is 25.9 Å². The van der Waals surface area contributed by atoms with Crippen molar-refractivity contribution < 1.29 is 5.11 Å². The fourth-order valence-electron chi connectivity index (χ4n) is 2.27. The summed E-state index contributed by atoms with van der Waals surface area (Å²) < 4.78 is 0. The molecule has 0 unspecified atom stereocenters. The van der Waals surface area contributed by atoms with Crippen LogP contribution in [0.2, 0.25) is 0 Å². The van der Waals surface area contributed by atoms with E-state index in [1.807, 2.05) is 0 Å². The lowest BCUT2D eigenvalue weighted by atomic mass is 10.0. The van der Waals surface area contributed by atoms with Gasteiger partial charge in [0.05, 0.1) is 6.10 Å². The van der Waals surface area contributed by atoms with Gasteiger partial charge in [0.1, 0.15) is 0 Å². The van der Waals surface area contributed by atoms with Crippen molar-refractivity contribution in [2.75, 3.05) is 26.2 Å². The zero-order chi connectivity index (χ0) is 11.4. The molecule has 3 N–H and O–H groups in total. The molecule has 3 nitrogen and oxygen atoms in total. The lowest BCUT2D eigenvalue weighted by molar-refractivity contribution is 0.121. The number of nitrogens with two attached hydrogens (primary N) is 1. The van der Waals surface area contributed by atoms with Crippen LogP contribution in [0.5, 0.6) is 0 Å². The van der Waals surface area contributed by atoms with Crippen LogP contribution >= 0.6 is 0 Å². The topological polar surface area (TPSA) is 49.5 Å². The van der Waals surface area contributed by atoms with Gasteiger partial charge in [-0.15, -0.1) is 0 Å².